The molecule has 4 heteroatoms. The van der Waals surface area contributed by atoms with Crippen LogP contribution in [0.25, 0.3) is 10.2 Å². The van der Waals surface area contributed by atoms with E-state index in [0.29, 0.717) is 6.04 Å². The molecule has 0 aliphatic carbocycles. The van der Waals surface area contributed by atoms with E-state index in [1.165, 1.54) is 36.1 Å². The first-order valence-corrected chi connectivity index (χ1v) is 7.86. The molecular weight excluding hydrogens is 254 g/mol. The van der Waals surface area contributed by atoms with Gasteiger partial charge in [-0.3, -0.25) is 0 Å². The van der Waals surface area contributed by atoms with Crippen LogP contribution in [-0.2, 0) is 0 Å². The second-order valence-corrected chi connectivity index (χ2v) is 6.48. The SMILES string of the molecule is Cc1cccc2sc(NCC3CCCCN3C)nc12. The van der Waals surface area contributed by atoms with E-state index in [0.717, 1.165) is 17.2 Å². The number of aromatic nitrogens is 1. The average Bonchev–Trinajstić information content (AvgIpc) is 2.82. The number of hydrogen-bond acceptors (Lipinski definition) is 4. The van der Waals surface area contributed by atoms with E-state index in [1.54, 1.807) is 11.3 Å². The van der Waals surface area contributed by atoms with Crippen molar-refractivity contribution in [1.82, 2.24) is 9.88 Å². The lowest BCUT2D eigenvalue weighted by Crippen LogP contribution is -2.40. The molecule has 3 nitrogen and oxygen atoms in total. The summed E-state index contributed by atoms with van der Waals surface area (Å²) in [5.41, 5.74) is 2.41. The fourth-order valence-corrected chi connectivity index (χ4v) is 3.72. The number of aryl methyl sites for hydroxylation is 1. The Morgan fingerprint density at radius 3 is 3.11 bits per heavy atom. The molecule has 1 aliphatic heterocycles. The molecule has 1 fully saturated rings. The van der Waals surface area contributed by atoms with Crippen molar-refractivity contribution in [3.05, 3.63) is 23.8 Å². The van der Waals surface area contributed by atoms with Crippen molar-refractivity contribution in [3.8, 4) is 0 Å². The third-order valence-electron chi connectivity index (χ3n) is 4.03. The van der Waals surface area contributed by atoms with Crippen molar-refractivity contribution in [1.29, 1.82) is 0 Å². The first-order chi connectivity index (χ1) is 9.24. The largest absolute Gasteiger partial charge is 0.360 e. The maximum Gasteiger partial charge on any atom is 0.183 e. The van der Waals surface area contributed by atoms with E-state index in [1.807, 2.05) is 0 Å². The van der Waals surface area contributed by atoms with Crippen LogP contribution >= 0.6 is 11.3 Å². The Labute approximate surface area is 118 Å². The van der Waals surface area contributed by atoms with E-state index < -0.39 is 0 Å². The van der Waals surface area contributed by atoms with Crippen molar-refractivity contribution in [3.63, 3.8) is 0 Å². The maximum atomic E-state index is 4.71. The van der Waals surface area contributed by atoms with Gasteiger partial charge in [-0.15, -0.1) is 0 Å². The zero-order valence-electron chi connectivity index (χ0n) is 11.6. The standard InChI is InChI=1S/C15H21N3S/c1-11-6-5-8-13-14(11)17-15(19-13)16-10-12-7-3-4-9-18(12)2/h5-6,8,12H,3-4,7,9-10H2,1-2H3,(H,16,17). The highest BCUT2D eigenvalue weighted by molar-refractivity contribution is 7.22. The number of piperidine rings is 1. The summed E-state index contributed by atoms with van der Waals surface area (Å²) in [7, 11) is 2.23. The topological polar surface area (TPSA) is 28.2 Å². The van der Waals surface area contributed by atoms with Crippen LogP contribution in [0.1, 0.15) is 24.8 Å². The number of fused-ring (bicyclic) bond motifs is 1. The molecule has 19 heavy (non-hydrogen) atoms. The molecule has 1 atom stereocenters. The van der Waals surface area contributed by atoms with Gasteiger partial charge in [-0.25, -0.2) is 4.98 Å². The molecule has 1 unspecified atom stereocenters. The van der Waals surface area contributed by atoms with Crippen LogP contribution in [0.4, 0.5) is 5.13 Å². The first kappa shape index (κ1) is 12.9. The van der Waals surface area contributed by atoms with Crippen LogP contribution in [0.5, 0.6) is 0 Å². The molecule has 0 saturated carbocycles. The van der Waals surface area contributed by atoms with Gasteiger partial charge in [0.15, 0.2) is 5.13 Å². The molecule has 1 aromatic heterocycles. The van der Waals surface area contributed by atoms with Gasteiger partial charge < -0.3 is 10.2 Å². The Bertz CT molecular complexity index is 564. The van der Waals surface area contributed by atoms with E-state index in [9.17, 15) is 0 Å². The minimum atomic E-state index is 0.654. The minimum absolute atomic E-state index is 0.654. The number of anilines is 1. The molecule has 0 radical (unpaired) electrons. The summed E-state index contributed by atoms with van der Waals surface area (Å²) in [5.74, 6) is 0. The molecule has 1 saturated heterocycles. The van der Waals surface area contributed by atoms with Crippen molar-refractivity contribution >= 4 is 26.7 Å². The summed E-state index contributed by atoms with van der Waals surface area (Å²) in [6, 6.07) is 7.04. The summed E-state index contributed by atoms with van der Waals surface area (Å²) in [5, 5.41) is 4.59. The van der Waals surface area contributed by atoms with Crippen LogP contribution in [0, 0.1) is 6.92 Å². The quantitative estimate of drug-likeness (QED) is 0.929. The Morgan fingerprint density at radius 1 is 1.42 bits per heavy atom. The van der Waals surface area contributed by atoms with Gasteiger partial charge in [0.25, 0.3) is 0 Å². The number of rotatable bonds is 3. The second-order valence-electron chi connectivity index (χ2n) is 5.45. The zero-order valence-corrected chi connectivity index (χ0v) is 12.5. The Balaban J connectivity index is 1.69. The predicted octanol–water partition coefficient (Wildman–Crippen LogP) is 3.50. The number of benzene rings is 1. The molecule has 0 amide bonds. The normalized spacial score (nSPS) is 20.8. The van der Waals surface area contributed by atoms with Crippen LogP contribution in [-0.4, -0.2) is 36.1 Å². The Hall–Kier alpha value is -1.13. The van der Waals surface area contributed by atoms with Crippen LogP contribution < -0.4 is 5.32 Å². The highest BCUT2D eigenvalue weighted by atomic mass is 32.1. The molecule has 3 rings (SSSR count). The van der Waals surface area contributed by atoms with Crippen LogP contribution in [0.15, 0.2) is 18.2 Å². The monoisotopic (exact) mass is 275 g/mol. The minimum Gasteiger partial charge on any atom is -0.360 e. The molecule has 0 spiro atoms. The third-order valence-corrected chi connectivity index (χ3v) is 5.01. The summed E-state index contributed by atoms with van der Waals surface area (Å²) < 4.78 is 1.28. The van der Waals surface area contributed by atoms with Crippen LogP contribution in [0.2, 0.25) is 0 Å². The number of nitrogens with one attached hydrogen (secondary N) is 1. The molecule has 2 heterocycles. The van der Waals surface area contributed by atoms with Gasteiger partial charge in [-0.05, 0) is 45.0 Å². The number of hydrogen-bond donors (Lipinski definition) is 1. The number of likely N-dealkylation sites (N-methyl/N-ethyl adjacent to an activating group) is 1. The summed E-state index contributed by atoms with van der Waals surface area (Å²) in [4.78, 5) is 7.18. The lowest BCUT2D eigenvalue weighted by molar-refractivity contribution is 0.194. The van der Waals surface area contributed by atoms with Crippen molar-refractivity contribution in [2.45, 2.75) is 32.2 Å². The molecule has 2 aromatic rings. The highest BCUT2D eigenvalue weighted by Crippen LogP contribution is 2.28. The summed E-state index contributed by atoms with van der Waals surface area (Å²) in [6.07, 6.45) is 4.00. The summed E-state index contributed by atoms with van der Waals surface area (Å²) in [6.45, 7) is 4.36. The van der Waals surface area contributed by atoms with Gasteiger partial charge >= 0.3 is 0 Å². The molecule has 0 bridgehead atoms. The first-order valence-electron chi connectivity index (χ1n) is 7.04. The van der Waals surface area contributed by atoms with Crippen LogP contribution in [0.3, 0.4) is 0 Å². The predicted molar refractivity (Wildman–Crippen MR) is 83.1 cm³/mol. The summed E-state index contributed by atoms with van der Waals surface area (Å²) >= 11 is 1.76. The van der Waals surface area contributed by atoms with Gasteiger partial charge in [-0.2, -0.15) is 0 Å². The van der Waals surface area contributed by atoms with E-state index >= 15 is 0 Å². The Morgan fingerprint density at radius 2 is 2.32 bits per heavy atom. The number of thiazole rings is 1. The smallest absolute Gasteiger partial charge is 0.183 e. The van der Waals surface area contributed by atoms with Gasteiger partial charge in [-0.1, -0.05) is 29.9 Å². The molecule has 1 N–H and O–H groups in total. The molecule has 102 valence electrons. The van der Waals surface area contributed by atoms with Gasteiger partial charge in [0.1, 0.15) is 0 Å². The van der Waals surface area contributed by atoms with Crippen molar-refractivity contribution in [2.24, 2.45) is 0 Å². The third kappa shape index (κ3) is 2.74. The van der Waals surface area contributed by atoms with E-state index in [-0.39, 0.29) is 0 Å². The molecule has 1 aliphatic rings. The maximum absolute atomic E-state index is 4.71. The zero-order chi connectivity index (χ0) is 13.2. The van der Waals surface area contributed by atoms with Crippen molar-refractivity contribution < 1.29 is 0 Å². The lowest BCUT2D eigenvalue weighted by atomic mass is 10.0. The fourth-order valence-electron chi connectivity index (χ4n) is 2.77. The number of nitrogens with zero attached hydrogens (tertiary/aromatic N) is 2. The van der Waals surface area contributed by atoms with Gasteiger partial charge in [0.2, 0.25) is 0 Å². The Kier molecular flexibility index (Phi) is 3.71. The molecular formula is C15H21N3S. The van der Waals surface area contributed by atoms with Crippen molar-refractivity contribution in [2.75, 3.05) is 25.5 Å². The fraction of sp³-hybridized carbons (Fsp3) is 0.533. The van der Waals surface area contributed by atoms with Gasteiger partial charge in [0, 0.05) is 12.6 Å². The highest BCUT2D eigenvalue weighted by Gasteiger charge is 2.18. The number of para-hydroxylation sites is 1. The molecule has 1 aromatic carbocycles. The second kappa shape index (κ2) is 5.47. The number of likely N-dealkylation sites (tertiary alicyclic amines) is 1. The van der Waals surface area contributed by atoms with E-state index in [4.69, 9.17) is 4.98 Å². The average molecular weight is 275 g/mol. The van der Waals surface area contributed by atoms with Gasteiger partial charge in [0.05, 0.1) is 10.2 Å². The van der Waals surface area contributed by atoms with E-state index in [2.05, 4.69) is 42.4 Å². The lowest BCUT2D eigenvalue weighted by Gasteiger charge is -2.32.